The molecule has 2 aromatic rings. The summed E-state index contributed by atoms with van der Waals surface area (Å²) < 4.78 is 13.8. The van der Waals surface area contributed by atoms with E-state index in [-0.39, 0.29) is 5.41 Å². The molecule has 1 aliphatic carbocycles. The molecule has 0 spiro atoms. The molecule has 1 aromatic heterocycles. The Bertz CT molecular complexity index is 706. The zero-order valence-corrected chi connectivity index (χ0v) is 16.9. The van der Waals surface area contributed by atoms with Crippen molar-refractivity contribution in [2.24, 2.45) is 5.41 Å². The van der Waals surface area contributed by atoms with Crippen LogP contribution in [0, 0.1) is 5.41 Å². The van der Waals surface area contributed by atoms with Crippen LogP contribution in [0.4, 0.5) is 0 Å². The predicted molar refractivity (Wildman–Crippen MR) is 110 cm³/mol. The molecule has 1 fully saturated rings. The number of rotatable bonds is 7. The van der Waals surface area contributed by atoms with Gasteiger partial charge in [-0.2, -0.15) is 0 Å². The number of imidazole rings is 1. The van der Waals surface area contributed by atoms with Gasteiger partial charge in [-0.3, -0.25) is 0 Å². The smallest absolute Gasteiger partial charge is 0.122 e. The topological polar surface area (TPSA) is 36.3 Å². The summed E-state index contributed by atoms with van der Waals surface area (Å²) in [5, 5.41) is 0. The standard InChI is InChI=1S/C23H32N2O2/c1-23(2,3)22(17-25-14-13-24-18-25)27-16-15-26-21-11-9-20(10-12-21)19-7-5-4-6-8-19/h9-14,17-19H,4-8,15-16H2,1-3H3/b22-17-. The summed E-state index contributed by atoms with van der Waals surface area (Å²) >= 11 is 0. The molecular formula is C23H32N2O2. The minimum atomic E-state index is -0.0775. The van der Waals surface area contributed by atoms with E-state index in [1.165, 1.54) is 37.7 Å². The van der Waals surface area contributed by atoms with Gasteiger partial charge in [-0.05, 0) is 36.5 Å². The second-order valence-corrected chi connectivity index (χ2v) is 8.35. The molecule has 0 atom stereocenters. The van der Waals surface area contributed by atoms with Gasteiger partial charge in [0.2, 0.25) is 0 Å². The minimum Gasteiger partial charge on any atom is -0.492 e. The van der Waals surface area contributed by atoms with Crippen LogP contribution in [0.1, 0.15) is 64.4 Å². The van der Waals surface area contributed by atoms with Crippen LogP contribution in [-0.2, 0) is 4.74 Å². The molecule has 1 aromatic carbocycles. The second-order valence-electron chi connectivity index (χ2n) is 8.35. The first kappa shape index (κ1) is 19.5. The fourth-order valence-electron chi connectivity index (χ4n) is 3.51. The van der Waals surface area contributed by atoms with Gasteiger partial charge in [0.1, 0.15) is 24.7 Å². The number of benzene rings is 1. The lowest BCUT2D eigenvalue weighted by atomic mass is 9.84. The van der Waals surface area contributed by atoms with Crippen molar-refractivity contribution in [3.63, 3.8) is 0 Å². The average Bonchev–Trinajstić information content (AvgIpc) is 3.18. The summed E-state index contributed by atoms with van der Waals surface area (Å²) in [5.41, 5.74) is 1.38. The molecule has 0 aliphatic heterocycles. The Kier molecular flexibility index (Phi) is 6.59. The Morgan fingerprint density at radius 1 is 1.11 bits per heavy atom. The van der Waals surface area contributed by atoms with Crippen LogP contribution in [-0.4, -0.2) is 22.8 Å². The van der Waals surface area contributed by atoms with Crippen LogP contribution in [0.25, 0.3) is 6.20 Å². The molecule has 146 valence electrons. The van der Waals surface area contributed by atoms with Crippen LogP contribution in [0.2, 0.25) is 0 Å². The Morgan fingerprint density at radius 3 is 2.48 bits per heavy atom. The summed E-state index contributed by atoms with van der Waals surface area (Å²) in [6.45, 7) is 7.46. The van der Waals surface area contributed by atoms with Gasteiger partial charge in [0, 0.05) is 24.0 Å². The number of hydrogen-bond acceptors (Lipinski definition) is 3. The van der Waals surface area contributed by atoms with Gasteiger partial charge in [-0.15, -0.1) is 0 Å². The highest BCUT2D eigenvalue weighted by Crippen LogP contribution is 2.33. The van der Waals surface area contributed by atoms with Crippen molar-refractivity contribution >= 4 is 6.20 Å². The van der Waals surface area contributed by atoms with Crippen LogP contribution in [0.3, 0.4) is 0 Å². The normalized spacial score (nSPS) is 16.3. The third kappa shape index (κ3) is 5.88. The molecule has 27 heavy (non-hydrogen) atoms. The average molecular weight is 369 g/mol. The van der Waals surface area contributed by atoms with E-state index in [0.29, 0.717) is 13.2 Å². The van der Waals surface area contributed by atoms with Crippen LogP contribution < -0.4 is 4.74 Å². The van der Waals surface area contributed by atoms with E-state index in [1.807, 2.05) is 17.0 Å². The lowest BCUT2D eigenvalue weighted by Crippen LogP contribution is -2.16. The first-order chi connectivity index (χ1) is 13.0. The zero-order valence-electron chi connectivity index (χ0n) is 16.9. The molecule has 0 saturated heterocycles. The highest BCUT2D eigenvalue weighted by molar-refractivity contribution is 5.30. The summed E-state index contributed by atoms with van der Waals surface area (Å²) in [4.78, 5) is 4.07. The van der Waals surface area contributed by atoms with Gasteiger partial charge < -0.3 is 14.0 Å². The molecule has 1 heterocycles. The first-order valence-electron chi connectivity index (χ1n) is 10.1. The van der Waals surface area contributed by atoms with E-state index in [9.17, 15) is 0 Å². The van der Waals surface area contributed by atoms with Crippen molar-refractivity contribution < 1.29 is 9.47 Å². The molecular weight excluding hydrogens is 336 g/mol. The highest BCUT2D eigenvalue weighted by Gasteiger charge is 2.19. The molecule has 1 aliphatic rings. The van der Waals surface area contributed by atoms with Gasteiger partial charge in [0.05, 0.1) is 6.33 Å². The fraction of sp³-hybridized carbons (Fsp3) is 0.522. The van der Waals surface area contributed by atoms with E-state index < -0.39 is 0 Å². The third-order valence-electron chi connectivity index (χ3n) is 5.10. The number of nitrogens with zero attached hydrogens (tertiary/aromatic N) is 2. The van der Waals surface area contributed by atoms with Crippen molar-refractivity contribution in [1.82, 2.24) is 9.55 Å². The summed E-state index contributed by atoms with van der Waals surface area (Å²) in [6.07, 6.45) is 14.2. The van der Waals surface area contributed by atoms with Crippen LogP contribution in [0.5, 0.6) is 5.75 Å². The van der Waals surface area contributed by atoms with Crippen molar-refractivity contribution in [3.8, 4) is 5.75 Å². The van der Waals surface area contributed by atoms with Gasteiger partial charge in [0.15, 0.2) is 0 Å². The lowest BCUT2D eigenvalue weighted by molar-refractivity contribution is 0.119. The molecule has 0 unspecified atom stereocenters. The summed E-state index contributed by atoms with van der Waals surface area (Å²) in [6, 6.07) is 8.64. The SMILES string of the molecule is CC(C)(C)/C(=C/n1ccnc1)OCCOc1ccc(C2CCCCC2)cc1. The van der Waals surface area contributed by atoms with E-state index in [4.69, 9.17) is 9.47 Å². The minimum absolute atomic E-state index is 0.0775. The number of hydrogen-bond donors (Lipinski definition) is 0. The van der Waals surface area contributed by atoms with Crippen molar-refractivity contribution in [1.29, 1.82) is 0 Å². The maximum atomic E-state index is 6.01. The van der Waals surface area contributed by atoms with E-state index in [1.54, 1.807) is 12.5 Å². The first-order valence-corrected chi connectivity index (χ1v) is 10.1. The number of aromatic nitrogens is 2. The van der Waals surface area contributed by atoms with Crippen molar-refractivity contribution in [2.45, 2.75) is 58.8 Å². The second kappa shape index (κ2) is 9.12. The Morgan fingerprint density at radius 2 is 1.85 bits per heavy atom. The molecule has 3 rings (SSSR count). The number of ether oxygens (including phenoxy) is 2. The summed E-state index contributed by atoms with van der Waals surface area (Å²) in [5.74, 6) is 2.56. The quantitative estimate of drug-likeness (QED) is 0.453. The molecule has 4 nitrogen and oxygen atoms in total. The van der Waals surface area contributed by atoms with E-state index in [2.05, 4.69) is 50.0 Å². The third-order valence-corrected chi connectivity index (χ3v) is 5.10. The van der Waals surface area contributed by atoms with Gasteiger partial charge in [-0.25, -0.2) is 4.98 Å². The van der Waals surface area contributed by atoms with Crippen molar-refractivity contribution in [2.75, 3.05) is 13.2 Å². The maximum Gasteiger partial charge on any atom is 0.122 e. The molecule has 0 N–H and O–H groups in total. The predicted octanol–water partition coefficient (Wildman–Crippen LogP) is 5.87. The highest BCUT2D eigenvalue weighted by atomic mass is 16.5. The Balaban J connectivity index is 1.48. The van der Waals surface area contributed by atoms with Crippen LogP contribution in [0.15, 0.2) is 48.7 Å². The van der Waals surface area contributed by atoms with Gasteiger partial charge >= 0.3 is 0 Å². The number of allylic oxidation sites excluding steroid dienone is 1. The van der Waals surface area contributed by atoms with E-state index >= 15 is 0 Å². The fourth-order valence-corrected chi connectivity index (χ4v) is 3.51. The molecule has 1 saturated carbocycles. The largest absolute Gasteiger partial charge is 0.492 e. The van der Waals surface area contributed by atoms with E-state index in [0.717, 1.165) is 17.4 Å². The Labute approximate surface area is 163 Å². The monoisotopic (exact) mass is 368 g/mol. The van der Waals surface area contributed by atoms with Gasteiger partial charge in [-0.1, -0.05) is 52.2 Å². The zero-order chi connectivity index (χ0) is 19.1. The maximum absolute atomic E-state index is 6.01. The van der Waals surface area contributed by atoms with Crippen molar-refractivity contribution in [3.05, 3.63) is 54.3 Å². The molecule has 0 amide bonds. The molecule has 0 bridgehead atoms. The summed E-state index contributed by atoms with van der Waals surface area (Å²) in [7, 11) is 0. The lowest BCUT2D eigenvalue weighted by Gasteiger charge is -2.23. The van der Waals surface area contributed by atoms with Gasteiger partial charge in [0.25, 0.3) is 0 Å². The molecule has 0 radical (unpaired) electrons. The molecule has 4 heteroatoms. The Hall–Kier alpha value is -2.23. The van der Waals surface area contributed by atoms with Crippen LogP contribution >= 0.6 is 0 Å².